The monoisotopic (exact) mass is 458 g/mol. The van der Waals surface area contributed by atoms with E-state index in [1.807, 2.05) is 19.1 Å². The summed E-state index contributed by atoms with van der Waals surface area (Å²) in [7, 11) is 1.49. The van der Waals surface area contributed by atoms with E-state index in [1.54, 1.807) is 37.3 Å². The van der Waals surface area contributed by atoms with Crippen molar-refractivity contribution in [2.45, 2.75) is 13.8 Å². The molecular weight excluding hydrogens is 436 g/mol. The van der Waals surface area contributed by atoms with Crippen LogP contribution in [0.4, 0.5) is 11.4 Å². The molecule has 8 heteroatoms. The van der Waals surface area contributed by atoms with Crippen LogP contribution < -0.4 is 15.0 Å². The van der Waals surface area contributed by atoms with Crippen LogP contribution in [0.5, 0.6) is 5.75 Å². The first-order valence-corrected chi connectivity index (χ1v) is 10.5. The number of esters is 1. The Balaban J connectivity index is 1.46. The molecule has 1 aliphatic rings. The SMILES string of the molecule is COc1ccc(C)cc1NC(=O)COC(=O)c1ccc2c(c1)C(=O)N(c1ccccc1C)C2=O. The molecule has 0 aromatic heterocycles. The lowest BCUT2D eigenvalue weighted by atomic mass is 10.1. The minimum atomic E-state index is -0.788. The van der Waals surface area contributed by atoms with Crippen molar-refractivity contribution in [2.75, 3.05) is 23.9 Å². The number of aryl methyl sites for hydroxylation is 2. The number of para-hydroxylation sites is 1. The predicted molar refractivity (Wildman–Crippen MR) is 125 cm³/mol. The van der Waals surface area contributed by atoms with Crippen molar-refractivity contribution < 1.29 is 28.7 Å². The van der Waals surface area contributed by atoms with Gasteiger partial charge in [0.2, 0.25) is 0 Å². The molecule has 0 saturated carbocycles. The summed E-state index contributed by atoms with van der Waals surface area (Å²) in [5.41, 5.74) is 3.01. The molecule has 0 bridgehead atoms. The predicted octanol–water partition coefficient (Wildman–Crippen LogP) is 3.91. The molecule has 8 nitrogen and oxygen atoms in total. The van der Waals surface area contributed by atoms with E-state index in [0.717, 1.165) is 16.0 Å². The summed E-state index contributed by atoms with van der Waals surface area (Å²) in [5.74, 6) is -1.83. The summed E-state index contributed by atoms with van der Waals surface area (Å²) >= 11 is 0. The van der Waals surface area contributed by atoms with E-state index in [2.05, 4.69) is 5.32 Å². The van der Waals surface area contributed by atoms with E-state index in [1.165, 1.54) is 25.3 Å². The zero-order valence-electron chi connectivity index (χ0n) is 18.9. The Hall–Kier alpha value is -4.46. The van der Waals surface area contributed by atoms with Gasteiger partial charge in [-0.1, -0.05) is 24.3 Å². The Labute approximate surface area is 196 Å². The molecule has 0 fully saturated rings. The number of carbonyl (C=O) groups excluding carboxylic acids is 4. The Morgan fingerprint density at radius 3 is 2.38 bits per heavy atom. The standard InChI is InChI=1S/C26H22N2O6/c1-15-8-11-22(33-3)20(12-15)27-23(29)14-34-26(32)17-9-10-18-19(13-17)25(31)28(24(18)30)21-7-5-4-6-16(21)2/h4-13H,14H2,1-3H3,(H,27,29). The van der Waals surface area contributed by atoms with Gasteiger partial charge in [-0.2, -0.15) is 0 Å². The minimum Gasteiger partial charge on any atom is -0.495 e. The summed E-state index contributed by atoms with van der Waals surface area (Å²) in [4.78, 5) is 51.7. The zero-order chi connectivity index (χ0) is 24.4. The number of anilines is 2. The number of imide groups is 1. The van der Waals surface area contributed by atoms with Crippen LogP contribution in [0.25, 0.3) is 0 Å². The summed E-state index contributed by atoms with van der Waals surface area (Å²) in [6.45, 7) is 3.14. The first-order valence-electron chi connectivity index (χ1n) is 10.5. The second-order valence-electron chi connectivity index (χ2n) is 7.82. The number of benzene rings is 3. The third-order valence-electron chi connectivity index (χ3n) is 5.44. The molecule has 0 spiro atoms. The minimum absolute atomic E-state index is 0.0625. The Bertz CT molecular complexity index is 1330. The van der Waals surface area contributed by atoms with E-state index in [-0.39, 0.29) is 16.7 Å². The number of ether oxygens (including phenoxy) is 2. The highest BCUT2D eigenvalue weighted by atomic mass is 16.5. The van der Waals surface area contributed by atoms with Crippen molar-refractivity contribution in [3.63, 3.8) is 0 Å². The highest BCUT2D eigenvalue weighted by Crippen LogP contribution is 2.31. The van der Waals surface area contributed by atoms with Crippen molar-refractivity contribution in [1.29, 1.82) is 0 Å². The van der Waals surface area contributed by atoms with Crippen molar-refractivity contribution in [3.05, 3.63) is 88.5 Å². The number of nitrogens with zero attached hydrogens (tertiary/aromatic N) is 1. The van der Waals surface area contributed by atoms with E-state index in [4.69, 9.17) is 9.47 Å². The van der Waals surface area contributed by atoms with Crippen molar-refractivity contribution in [2.24, 2.45) is 0 Å². The third kappa shape index (κ3) is 4.25. The van der Waals surface area contributed by atoms with Gasteiger partial charge < -0.3 is 14.8 Å². The van der Waals surface area contributed by atoms with Crippen LogP contribution in [-0.2, 0) is 9.53 Å². The molecule has 34 heavy (non-hydrogen) atoms. The first kappa shape index (κ1) is 22.7. The molecule has 3 aromatic rings. The molecule has 0 radical (unpaired) electrons. The number of carbonyl (C=O) groups is 4. The van der Waals surface area contributed by atoms with Gasteiger partial charge in [0.05, 0.1) is 35.2 Å². The molecule has 0 aliphatic carbocycles. The number of amides is 3. The molecule has 0 atom stereocenters. The maximum Gasteiger partial charge on any atom is 0.338 e. The van der Waals surface area contributed by atoms with Gasteiger partial charge >= 0.3 is 5.97 Å². The normalized spacial score (nSPS) is 12.4. The number of fused-ring (bicyclic) bond motifs is 1. The third-order valence-corrected chi connectivity index (χ3v) is 5.44. The van der Waals surface area contributed by atoms with Crippen molar-refractivity contribution in [1.82, 2.24) is 0 Å². The fourth-order valence-electron chi connectivity index (χ4n) is 3.72. The summed E-state index contributed by atoms with van der Waals surface area (Å²) < 4.78 is 10.3. The van der Waals surface area contributed by atoms with E-state index in [9.17, 15) is 19.2 Å². The van der Waals surface area contributed by atoms with Gasteiger partial charge in [0.1, 0.15) is 5.75 Å². The zero-order valence-corrected chi connectivity index (χ0v) is 18.9. The highest BCUT2D eigenvalue weighted by Gasteiger charge is 2.37. The van der Waals surface area contributed by atoms with Gasteiger partial charge in [-0.25, -0.2) is 9.69 Å². The van der Waals surface area contributed by atoms with Crippen LogP contribution in [0.15, 0.2) is 60.7 Å². The molecule has 1 N–H and O–H groups in total. The summed E-state index contributed by atoms with van der Waals surface area (Å²) in [6.07, 6.45) is 0. The highest BCUT2D eigenvalue weighted by molar-refractivity contribution is 6.35. The van der Waals surface area contributed by atoms with Crippen LogP contribution in [0.1, 0.15) is 42.2 Å². The lowest BCUT2D eigenvalue weighted by Crippen LogP contribution is -2.29. The molecule has 4 rings (SSSR count). The lowest BCUT2D eigenvalue weighted by molar-refractivity contribution is -0.119. The van der Waals surface area contributed by atoms with Crippen molar-refractivity contribution >= 4 is 35.1 Å². The maximum absolute atomic E-state index is 13.0. The average Bonchev–Trinajstić information content (AvgIpc) is 3.07. The molecule has 0 saturated heterocycles. The fourth-order valence-corrected chi connectivity index (χ4v) is 3.72. The summed E-state index contributed by atoms with van der Waals surface area (Å²) in [5, 5.41) is 2.65. The van der Waals surface area contributed by atoms with Crippen LogP contribution in [0, 0.1) is 13.8 Å². The van der Waals surface area contributed by atoms with Crippen LogP contribution >= 0.6 is 0 Å². The van der Waals surface area contributed by atoms with Gasteiger partial charge in [0.15, 0.2) is 6.61 Å². The molecule has 1 aliphatic heterocycles. The Kier molecular flexibility index (Phi) is 6.14. The largest absolute Gasteiger partial charge is 0.495 e. The number of rotatable bonds is 6. The average molecular weight is 458 g/mol. The number of hydrogen-bond donors (Lipinski definition) is 1. The fraction of sp³-hybridized carbons (Fsp3) is 0.154. The Morgan fingerprint density at radius 2 is 1.65 bits per heavy atom. The van der Waals surface area contributed by atoms with Gasteiger partial charge in [-0.15, -0.1) is 0 Å². The molecule has 1 heterocycles. The molecule has 172 valence electrons. The van der Waals surface area contributed by atoms with Crippen molar-refractivity contribution in [3.8, 4) is 5.75 Å². The molecule has 3 amide bonds. The smallest absolute Gasteiger partial charge is 0.338 e. The lowest BCUT2D eigenvalue weighted by Gasteiger charge is -2.16. The van der Waals surface area contributed by atoms with E-state index in [0.29, 0.717) is 17.1 Å². The number of nitrogens with one attached hydrogen (secondary N) is 1. The van der Waals surface area contributed by atoms with Gasteiger partial charge in [-0.3, -0.25) is 14.4 Å². The number of methoxy groups -OCH3 is 1. The van der Waals surface area contributed by atoms with Gasteiger partial charge in [0.25, 0.3) is 17.7 Å². The second kappa shape index (κ2) is 9.19. The second-order valence-corrected chi connectivity index (χ2v) is 7.82. The molecular formula is C26H22N2O6. The molecule has 0 unspecified atom stereocenters. The first-order chi connectivity index (χ1) is 16.3. The van der Waals surface area contributed by atoms with Gasteiger partial charge in [-0.05, 0) is 61.4 Å². The van der Waals surface area contributed by atoms with Crippen LogP contribution in [0.3, 0.4) is 0 Å². The topological polar surface area (TPSA) is 102 Å². The van der Waals surface area contributed by atoms with Crippen LogP contribution in [-0.4, -0.2) is 37.4 Å². The summed E-state index contributed by atoms with van der Waals surface area (Å²) in [6, 6.07) is 16.5. The quantitative estimate of drug-likeness (QED) is 0.444. The van der Waals surface area contributed by atoms with Gasteiger partial charge in [0, 0.05) is 0 Å². The Morgan fingerprint density at radius 1 is 0.912 bits per heavy atom. The van der Waals surface area contributed by atoms with E-state index >= 15 is 0 Å². The molecule has 3 aromatic carbocycles. The van der Waals surface area contributed by atoms with E-state index < -0.39 is 30.3 Å². The maximum atomic E-state index is 13.0. The number of hydrogen-bond acceptors (Lipinski definition) is 6. The van der Waals surface area contributed by atoms with Crippen LogP contribution in [0.2, 0.25) is 0 Å².